The number of anilines is 1. The number of amides is 2. The minimum Gasteiger partial charge on any atom is -0.461 e. The Morgan fingerprint density at radius 1 is 0.968 bits per heavy atom. The molecule has 1 N–H and O–H groups in total. The van der Waals surface area contributed by atoms with Crippen molar-refractivity contribution in [2.24, 2.45) is 0 Å². The third-order valence-electron chi connectivity index (χ3n) is 5.66. The lowest BCUT2D eigenvalue weighted by Crippen LogP contribution is -2.35. The zero-order valence-corrected chi connectivity index (χ0v) is 17.2. The first-order chi connectivity index (χ1) is 15.1. The van der Waals surface area contributed by atoms with Crippen LogP contribution >= 0.6 is 0 Å². The van der Waals surface area contributed by atoms with Crippen molar-refractivity contribution in [2.45, 2.75) is 19.9 Å². The van der Waals surface area contributed by atoms with Crippen molar-refractivity contribution >= 4 is 28.3 Å². The smallest absolute Gasteiger partial charge is 0.254 e. The number of nitrogens with zero attached hydrogens (tertiary/aromatic N) is 1. The molecule has 5 heteroatoms. The van der Waals surface area contributed by atoms with Gasteiger partial charge in [0.1, 0.15) is 11.5 Å². The Labute approximate surface area is 180 Å². The molecule has 0 atom stereocenters. The average Bonchev–Trinajstić information content (AvgIpc) is 3.22. The van der Waals surface area contributed by atoms with Gasteiger partial charge in [-0.1, -0.05) is 36.4 Å². The van der Waals surface area contributed by atoms with Gasteiger partial charge in [-0.3, -0.25) is 9.59 Å². The van der Waals surface area contributed by atoms with E-state index in [0.29, 0.717) is 19.5 Å². The molecular weight excluding hydrogens is 388 g/mol. The van der Waals surface area contributed by atoms with E-state index in [0.717, 1.165) is 44.7 Å². The number of benzene rings is 3. The Morgan fingerprint density at radius 2 is 1.74 bits per heavy atom. The Hall–Kier alpha value is -3.86. The van der Waals surface area contributed by atoms with Crippen LogP contribution in [0.25, 0.3) is 22.1 Å². The van der Waals surface area contributed by atoms with Gasteiger partial charge < -0.3 is 14.6 Å². The quantitative estimate of drug-likeness (QED) is 0.501. The van der Waals surface area contributed by atoms with Crippen LogP contribution in [0, 0.1) is 0 Å². The van der Waals surface area contributed by atoms with Crippen LogP contribution in [0.2, 0.25) is 0 Å². The highest BCUT2D eigenvalue weighted by atomic mass is 16.3. The second-order valence-corrected chi connectivity index (χ2v) is 7.82. The predicted octanol–water partition coefficient (Wildman–Crippen LogP) is 5.26. The van der Waals surface area contributed by atoms with Gasteiger partial charge in [0.05, 0.1) is 0 Å². The molecule has 1 aromatic heterocycles. The third-order valence-corrected chi connectivity index (χ3v) is 5.66. The number of carbonyl (C=O) groups is 2. The number of furan rings is 1. The minimum atomic E-state index is -0.0998. The highest BCUT2D eigenvalue weighted by molar-refractivity contribution is 6.07. The normalized spacial score (nSPS) is 13.1. The number of hydrogen-bond donors (Lipinski definition) is 1. The molecule has 2 amide bonds. The fourth-order valence-corrected chi connectivity index (χ4v) is 4.15. The average molecular weight is 410 g/mol. The molecule has 0 saturated carbocycles. The van der Waals surface area contributed by atoms with Crippen molar-refractivity contribution in [3.8, 4) is 11.3 Å². The molecule has 0 unspecified atom stereocenters. The Kier molecular flexibility index (Phi) is 4.79. The van der Waals surface area contributed by atoms with Crippen molar-refractivity contribution in [3.05, 3.63) is 89.7 Å². The largest absolute Gasteiger partial charge is 0.461 e. The fraction of sp³-hybridized carbons (Fsp3) is 0.154. The molecule has 1 aliphatic rings. The van der Waals surface area contributed by atoms with Crippen LogP contribution in [0.3, 0.4) is 0 Å². The van der Waals surface area contributed by atoms with Crippen molar-refractivity contribution in [1.29, 1.82) is 0 Å². The standard InChI is InChI=1S/C26H22N2O3/c1-17(29)27-21-11-9-19(10-12-21)25-15-20-16-28(14-13-24(20)31-25)26(30)23-8-4-6-18-5-2-3-7-22(18)23/h2-12,15H,13-14,16H2,1H3,(H,27,29). The zero-order valence-electron chi connectivity index (χ0n) is 17.2. The maximum absolute atomic E-state index is 13.3. The molecule has 0 spiro atoms. The van der Waals surface area contributed by atoms with Gasteiger partial charge in [-0.25, -0.2) is 0 Å². The van der Waals surface area contributed by atoms with Crippen LogP contribution in [0.1, 0.15) is 28.6 Å². The maximum Gasteiger partial charge on any atom is 0.254 e. The Balaban J connectivity index is 1.38. The molecule has 5 rings (SSSR count). The second-order valence-electron chi connectivity index (χ2n) is 7.82. The number of rotatable bonds is 3. The van der Waals surface area contributed by atoms with Gasteiger partial charge in [0.15, 0.2) is 0 Å². The van der Waals surface area contributed by atoms with Crippen LogP contribution in [0.4, 0.5) is 5.69 Å². The molecule has 0 aliphatic carbocycles. The van der Waals surface area contributed by atoms with Gasteiger partial charge in [0.25, 0.3) is 5.91 Å². The number of fused-ring (bicyclic) bond motifs is 2. The van der Waals surface area contributed by atoms with Crippen molar-refractivity contribution in [1.82, 2.24) is 4.90 Å². The number of nitrogens with one attached hydrogen (secondary N) is 1. The second kappa shape index (κ2) is 7.76. The molecular formula is C26H22N2O3. The van der Waals surface area contributed by atoms with Gasteiger partial charge >= 0.3 is 0 Å². The predicted molar refractivity (Wildman–Crippen MR) is 121 cm³/mol. The molecule has 31 heavy (non-hydrogen) atoms. The molecule has 2 heterocycles. The molecule has 1 aliphatic heterocycles. The van der Waals surface area contributed by atoms with E-state index < -0.39 is 0 Å². The van der Waals surface area contributed by atoms with E-state index in [1.54, 1.807) is 0 Å². The zero-order chi connectivity index (χ0) is 21.4. The van der Waals surface area contributed by atoms with Gasteiger partial charge in [-0.15, -0.1) is 0 Å². The fourth-order valence-electron chi connectivity index (χ4n) is 4.15. The van der Waals surface area contributed by atoms with Gasteiger partial charge in [-0.05, 0) is 47.2 Å². The summed E-state index contributed by atoms with van der Waals surface area (Å²) >= 11 is 0. The number of carbonyl (C=O) groups excluding carboxylic acids is 2. The minimum absolute atomic E-state index is 0.0462. The van der Waals surface area contributed by atoms with Crippen LogP contribution in [0.5, 0.6) is 0 Å². The molecule has 3 aromatic carbocycles. The lowest BCUT2D eigenvalue weighted by Gasteiger charge is -2.26. The summed E-state index contributed by atoms with van der Waals surface area (Å²) in [5.41, 5.74) is 3.47. The maximum atomic E-state index is 13.3. The Morgan fingerprint density at radius 3 is 2.55 bits per heavy atom. The lowest BCUT2D eigenvalue weighted by molar-refractivity contribution is -0.114. The molecule has 0 radical (unpaired) electrons. The summed E-state index contributed by atoms with van der Waals surface area (Å²) in [5, 5.41) is 4.81. The van der Waals surface area contributed by atoms with E-state index in [9.17, 15) is 9.59 Å². The number of hydrogen-bond acceptors (Lipinski definition) is 3. The van der Waals surface area contributed by atoms with Crippen molar-refractivity contribution < 1.29 is 14.0 Å². The highest BCUT2D eigenvalue weighted by Crippen LogP contribution is 2.31. The van der Waals surface area contributed by atoms with E-state index in [-0.39, 0.29) is 11.8 Å². The van der Waals surface area contributed by atoms with E-state index in [2.05, 4.69) is 5.32 Å². The highest BCUT2D eigenvalue weighted by Gasteiger charge is 2.26. The molecule has 0 bridgehead atoms. The molecule has 154 valence electrons. The first-order valence-corrected chi connectivity index (χ1v) is 10.3. The monoisotopic (exact) mass is 410 g/mol. The van der Waals surface area contributed by atoms with E-state index in [1.165, 1.54) is 6.92 Å². The van der Waals surface area contributed by atoms with Crippen LogP contribution in [0.15, 0.2) is 77.2 Å². The van der Waals surface area contributed by atoms with E-state index in [1.807, 2.05) is 77.7 Å². The van der Waals surface area contributed by atoms with Crippen LogP contribution in [-0.2, 0) is 17.8 Å². The summed E-state index contributed by atoms with van der Waals surface area (Å²) < 4.78 is 6.09. The lowest BCUT2D eigenvalue weighted by atomic mass is 10.0. The summed E-state index contributed by atoms with van der Waals surface area (Å²) in [6.45, 7) is 2.65. The molecule has 5 nitrogen and oxygen atoms in total. The first-order valence-electron chi connectivity index (χ1n) is 10.3. The Bertz CT molecular complexity index is 1280. The van der Waals surface area contributed by atoms with Crippen molar-refractivity contribution in [3.63, 3.8) is 0 Å². The van der Waals surface area contributed by atoms with E-state index in [4.69, 9.17) is 4.42 Å². The first kappa shape index (κ1) is 19.1. The molecule has 4 aromatic rings. The van der Waals surface area contributed by atoms with Crippen LogP contribution < -0.4 is 5.32 Å². The molecule has 0 fully saturated rings. The van der Waals surface area contributed by atoms with Crippen molar-refractivity contribution in [2.75, 3.05) is 11.9 Å². The topological polar surface area (TPSA) is 62.6 Å². The van der Waals surface area contributed by atoms with Crippen LogP contribution in [-0.4, -0.2) is 23.3 Å². The van der Waals surface area contributed by atoms with Gasteiger partial charge in [-0.2, -0.15) is 0 Å². The third kappa shape index (κ3) is 3.70. The van der Waals surface area contributed by atoms with E-state index >= 15 is 0 Å². The summed E-state index contributed by atoms with van der Waals surface area (Å²) in [7, 11) is 0. The van der Waals surface area contributed by atoms with Gasteiger partial charge in [0, 0.05) is 48.8 Å². The summed E-state index contributed by atoms with van der Waals surface area (Å²) in [6, 6.07) is 23.4. The van der Waals surface area contributed by atoms with Gasteiger partial charge in [0.2, 0.25) is 5.91 Å². The SMILES string of the molecule is CC(=O)Nc1ccc(-c2cc3c(o2)CCN(C(=O)c2cccc4ccccc24)C3)cc1. The summed E-state index contributed by atoms with van der Waals surface area (Å²) in [5.74, 6) is 1.66. The summed E-state index contributed by atoms with van der Waals surface area (Å²) in [4.78, 5) is 26.4. The summed E-state index contributed by atoms with van der Waals surface area (Å²) in [6.07, 6.45) is 0.690. The molecule has 0 saturated heterocycles.